The van der Waals surface area contributed by atoms with Gasteiger partial charge < -0.3 is 0 Å². The molecule has 0 spiro atoms. The number of hydrogen-bond acceptors (Lipinski definition) is 0. The molecule has 0 fully saturated rings. The third kappa shape index (κ3) is 8.00. The fraction of sp³-hybridized carbons (Fsp3) is 1.00. The Balaban J connectivity index is 0. The highest BCUT2D eigenvalue weighted by molar-refractivity contribution is 4.47. The van der Waals surface area contributed by atoms with Crippen LogP contribution in [0.3, 0.4) is 0 Å². The highest BCUT2D eigenvalue weighted by Crippen LogP contribution is 2.09. The van der Waals surface area contributed by atoms with Gasteiger partial charge in [0.1, 0.15) is 0 Å². The molecule has 0 unspecified atom stereocenters. The number of rotatable bonds is 4. The maximum Gasteiger partial charge on any atom is -0.0445 e. The third-order valence-corrected chi connectivity index (χ3v) is 1.75. The molecule has 0 aliphatic carbocycles. The molecule has 0 N–H and O–H groups in total. The summed E-state index contributed by atoms with van der Waals surface area (Å²) in [5, 5.41) is 0. The van der Waals surface area contributed by atoms with Gasteiger partial charge >= 0.3 is 0 Å². The summed E-state index contributed by atoms with van der Waals surface area (Å²) in [6, 6.07) is 0. The summed E-state index contributed by atoms with van der Waals surface area (Å²) in [7, 11) is 0. The van der Waals surface area contributed by atoms with Crippen LogP contribution in [0, 0.1) is 5.92 Å². The molecule has 0 amide bonds. The number of unbranched alkanes of at least 4 members (excludes halogenated alkanes) is 1. The minimum absolute atomic E-state index is 0. The minimum Gasteiger partial charge on any atom is -0.0776 e. The summed E-state index contributed by atoms with van der Waals surface area (Å²) in [5.74, 6) is 0.954. The van der Waals surface area contributed by atoms with E-state index in [2.05, 4.69) is 20.8 Å². The van der Waals surface area contributed by atoms with E-state index in [0.717, 1.165) is 5.92 Å². The van der Waals surface area contributed by atoms with Gasteiger partial charge in [0.25, 0.3) is 0 Å². The predicted molar refractivity (Wildman–Crippen MR) is 45.7 cm³/mol. The van der Waals surface area contributed by atoms with Gasteiger partial charge in [-0.1, -0.05) is 53.9 Å². The first-order chi connectivity index (χ1) is 3.81. The first kappa shape index (κ1) is 11.8. The van der Waals surface area contributed by atoms with Gasteiger partial charge in [-0.3, -0.25) is 0 Å². The second-order valence-corrected chi connectivity index (χ2v) is 2.66. The van der Waals surface area contributed by atoms with Crippen molar-refractivity contribution in [2.75, 3.05) is 0 Å². The van der Waals surface area contributed by atoms with Gasteiger partial charge in [0, 0.05) is 0 Å². The fourth-order valence-electron chi connectivity index (χ4n) is 0.757. The lowest BCUT2D eigenvalue weighted by Gasteiger charge is -2.04. The van der Waals surface area contributed by atoms with Crippen molar-refractivity contribution >= 4 is 0 Å². The van der Waals surface area contributed by atoms with Crippen molar-refractivity contribution in [3.8, 4) is 0 Å². The molecule has 0 rings (SSSR count). The van der Waals surface area contributed by atoms with Crippen molar-refractivity contribution in [3.05, 3.63) is 0 Å². The zero-order chi connectivity index (χ0) is 6.41. The Kier molecular flexibility index (Phi) is 10.4. The second-order valence-electron chi connectivity index (χ2n) is 2.66. The highest BCUT2D eigenvalue weighted by atomic mass is 14.0. The van der Waals surface area contributed by atoms with Crippen LogP contribution in [-0.2, 0) is 0 Å². The van der Waals surface area contributed by atoms with E-state index in [9.17, 15) is 0 Å². The van der Waals surface area contributed by atoms with Crippen molar-refractivity contribution in [1.82, 2.24) is 0 Å². The quantitative estimate of drug-likeness (QED) is 0.542. The molecule has 0 aromatic carbocycles. The van der Waals surface area contributed by atoms with Gasteiger partial charge in [0.2, 0.25) is 0 Å². The maximum absolute atomic E-state index is 2.33. The van der Waals surface area contributed by atoms with E-state index in [1.54, 1.807) is 0 Å². The summed E-state index contributed by atoms with van der Waals surface area (Å²) in [6.45, 7) is 6.85. The molecule has 0 saturated heterocycles. The molecule has 0 heteroatoms. The molecule has 0 aliphatic rings. The Morgan fingerprint density at radius 3 is 2.11 bits per heavy atom. The van der Waals surface area contributed by atoms with Crippen molar-refractivity contribution in [2.45, 2.75) is 53.9 Å². The Morgan fingerprint density at radius 1 is 1.22 bits per heavy atom. The monoisotopic (exact) mass is 130 g/mol. The summed E-state index contributed by atoms with van der Waals surface area (Å²) in [6.07, 6.45) is 5.53. The van der Waals surface area contributed by atoms with Crippen LogP contribution in [0.1, 0.15) is 53.9 Å². The average Bonchev–Trinajstić information content (AvgIpc) is 1.83. The molecule has 0 saturated carbocycles. The standard InChI is InChI=1S/C8H18.CH4/c1-4-6-7-8(3)5-2;/h8H,4-7H2,1-3H3;1H4/t8-;/m0./s1. The molecule has 0 radical (unpaired) electrons. The average molecular weight is 130 g/mol. The molecule has 0 aromatic rings. The van der Waals surface area contributed by atoms with Crippen molar-refractivity contribution in [3.63, 3.8) is 0 Å². The Morgan fingerprint density at radius 2 is 1.78 bits per heavy atom. The van der Waals surface area contributed by atoms with Crippen LogP contribution in [0.15, 0.2) is 0 Å². The first-order valence-electron chi connectivity index (χ1n) is 3.81. The summed E-state index contributed by atoms with van der Waals surface area (Å²) in [4.78, 5) is 0. The number of hydrogen-bond donors (Lipinski definition) is 0. The molecule has 0 heterocycles. The van der Waals surface area contributed by atoms with Gasteiger partial charge in [-0.05, 0) is 5.92 Å². The molecular weight excluding hydrogens is 108 g/mol. The maximum atomic E-state index is 2.33. The summed E-state index contributed by atoms with van der Waals surface area (Å²) >= 11 is 0. The predicted octanol–water partition coefficient (Wildman–Crippen LogP) is 3.86. The molecule has 0 nitrogen and oxygen atoms in total. The minimum atomic E-state index is 0. The molecule has 0 aliphatic heterocycles. The lowest BCUT2D eigenvalue weighted by atomic mass is 10.0. The SMILES string of the molecule is C.CCCC[C@@H](C)CC. The van der Waals surface area contributed by atoms with Crippen LogP contribution in [0.25, 0.3) is 0 Å². The van der Waals surface area contributed by atoms with Crippen molar-refractivity contribution in [2.24, 2.45) is 5.92 Å². The molecular formula is C9H22. The van der Waals surface area contributed by atoms with Gasteiger partial charge in [-0.2, -0.15) is 0 Å². The zero-order valence-corrected chi connectivity index (χ0v) is 6.41. The van der Waals surface area contributed by atoms with Gasteiger partial charge in [0.05, 0.1) is 0 Å². The smallest absolute Gasteiger partial charge is 0.0445 e. The first-order valence-corrected chi connectivity index (χ1v) is 3.81. The Labute approximate surface area is 60.7 Å². The van der Waals surface area contributed by atoms with Gasteiger partial charge in [0.15, 0.2) is 0 Å². The lowest BCUT2D eigenvalue weighted by molar-refractivity contribution is 0.492. The molecule has 58 valence electrons. The van der Waals surface area contributed by atoms with Crippen LogP contribution < -0.4 is 0 Å². The van der Waals surface area contributed by atoms with E-state index in [4.69, 9.17) is 0 Å². The van der Waals surface area contributed by atoms with Crippen LogP contribution >= 0.6 is 0 Å². The van der Waals surface area contributed by atoms with E-state index in [-0.39, 0.29) is 7.43 Å². The highest BCUT2D eigenvalue weighted by Gasteiger charge is 1.94. The Bertz CT molecular complexity index is 39.3. The molecule has 1 atom stereocenters. The normalized spacial score (nSPS) is 12.3. The molecule has 0 bridgehead atoms. The molecule has 0 aromatic heterocycles. The van der Waals surface area contributed by atoms with Gasteiger partial charge in [-0.15, -0.1) is 0 Å². The third-order valence-electron chi connectivity index (χ3n) is 1.75. The lowest BCUT2D eigenvalue weighted by Crippen LogP contribution is -1.89. The second kappa shape index (κ2) is 8.00. The van der Waals surface area contributed by atoms with Crippen molar-refractivity contribution in [1.29, 1.82) is 0 Å². The largest absolute Gasteiger partial charge is 0.0776 e. The topological polar surface area (TPSA) is 0 Å². The van der Waals surface area contributed by atoms with Crippen molar-refractivity contribution < 1.29 is 0 Å². The van der Waals surface area contributed by atoms with E-state index in [1.165, 1.54) is 25.7 Å². The van der Waals surface area contributed by atoms with E-state index in [0.29, 0.717) is 0 Å². The van der Waals surface area contributed by atoms with Crippen LogP contribution in [-0.4, -0.2) is 0 Å². The van der Waals surface area contributed by atoms with E-state index >= 15 is 0 Å². The zero-order valence-electron chi connectivity index (χ0n) is 6.41. The summed E-state index contributed by atoms with van der Waals surface area (Å²) < 4.78 is 0. The van der Waals surface area contributed by atoms with Crippen LogP contribution in [0.5, 0.6) is 0 Å². The Hall–Kier alpha value is 0. The van der Waals surface area contributed by atoms with E-state index in [1.807, 2.05) is 0 Å². The summed E-state index contributed by atoms with van der Waals surface area (Å²) in [5.41, 5.74) is 0. The van der Waals surface area contributed by atoms with Crippen LogP contribution in [0.2, 0.25) is 0 Å². The van der Waals surface area contributed by atoms with E-state index < -0.39 is 0 Å². The fourth-order valence-corrected chi connectivity index (χ4v) is 0.757. The molecule has 9 heavy (non-hydrogen) atoms. The van der Waals surface area contributed by atoms with Crippen LogP contribution in [0.4, 0.5) is 0 Å². The van der Waals surface area contributed by atoms with Gasteiger partial charge in [-0.25, -0.2) is 0 Å².